The van der Waals surface area contributed by atoms with Gasteiger partial charge >= 0.3 is 5.97 Å². The highest BCUT2D eigenvalue weighted by atomic mass is 16.5. The maximum Gasteiger partial charge on any atom is 0.337 e. The Morgan fingerprint density at radius 2 is 1.86 bits per heavy atom. The summed E-state index contributed by atoms with van der Waals surface area (Å²) in [7, 11) is 2.98. The molecular formula is C22H27N3O4. The van der Waals surface area contributed by atoms with Crippen LogP contribution in [-0.4, -0.2) is 63.2 Å². The lowest BCUT2D eigenvalue weighted by molar-refractivity contribution is -0.117. The summed E-state index contributed by atoms with van der Waals surface area (Å²) in [5.41, 5.74) is 2.33. The standard InChI is InChI=1S/C22H27N3O4/c1-16-14-25(19-9-7-17(8-10-19)22(27)29-3)12-11-24(16)15-21(26)23-18-5-4-6-20(13-18)28-2/h4-10,13,16H,11-12,14-15H2,1-3H3,(H,23,26). The number of rotatable bonds is 6. The van der Waals surface area contributed by atoms with Gasteiger partial charge in [0, 0.05) is 43.1 Å². The Kier molecular flexibility index (Phi) is 6.72. The van der Waals surface area contributed by atoms with Gasteiger partial charge in [-0.05, 0) is 43.3 Å². The topological polar surface area (TPSA) is 71.1 Å². The van der Waals surface area contributed by atoms with Crippen molar-refractivity contribution in [2.45, 2.75) is 13.0 Å². The van der Waals surface area contributed by atoms with E-state index in [0.29, 0.717) is 17.9 Å². The average Bonchev–Trinajstić information content (AvgIpc) is 2.74. The van der Waals surface area contributed by atoms with Crippen molar-refractivity contribution in [1.29, 1.82) is 0 Å². The highest BCUT2D eigenvalue weighted by molar-refractivity contribution is 5.92. The van der Waals surface area contributed by atoms with Crippen molar-refractivity contribution in [3.05, 3.63) is 54.1 Å². The second-order valence-corrected chi connectivity index (χ2v) is 7.08. The number of nitrogens with zero attached hydrogens (tertiary/aromatic N) is 2. The van der Waals surface area contributed by atoms with Crippen LogP contribution in [0, 0.1) is 0 Å². The first-order chi connectivity index (χ1) is 14.0. The first kappa shape index (κ1) is 20.7. The first-order valence-corrected chi connectivity index (χ1v) is 9.61. The molecule has 1 fully saturated rings. The number of esters is 1. The van der Waals surface area contributed by atoms with Crippen LogP contribution in [0.25, 0.3) is 0 Å². The van der Waals surface area contributed by atoms with Gasteiger partial charge in [-0.15, -0.1) is 0 Å². The molecule has 1 saturated heterocycles. The van der Waals surface area contributed by atoms with E-state index >= 15 is 0 Å². The van der Waals surface area contributed by atoms with E-state index in [1.807, 2.05) is 30.3 Å². The third-order valence-corrected chi connectivity index (χ3v) is 5.12. The molecule has 1 unspecified atom stereocenters. The highest BCUT2D eigenvalue weighted by Crippen LogP contribution is 2.21. The molecule has 2 aromatic rings. The fraction of sp³-hybridized carbons (Fsp3) is 0.364. The maximum atomic E-state index is 12.5. The number of amides is 1. The first-order valence-electron chi connectivity index (χ1n) is 9.61. The van der Waals surface area contributed by atoms with E-state index in [4.69, 9.17) is 9.47 Å². The van der Waals surface area contributed by atoms with Crippen molar-refractivity contribution in [2.24, 2.45) is 0 Å². The monoisotopic (exact) mass is 397 g/mol. The molecule has 0 radical (unpaired) electrons. The summed E-state index contributed by atoms with van der Waals surface area (Å²) in [5, 5.41) is 2.93. The lowest BCUT2D eigenvalue weighted by Crippen LogP contribution is -2.53. The number of hydrogen-bond donors (Lipinski definition) is 1. The lowest BCUT2D eigenvalue weighted by Gasteiger charge is -2.40. The van der Waals surface area contributed by atoms with Crippen molar-refractivity contribution in [2.75, 3.05) is 50.6 Å². The molecule has 154 valence electrons. The van der Waals surface area contributed by atoms with Gasteiger partial charge in [-0.3, -0.25) is 9.69 Å². The summed E-state index contributed by atoms with van der Waals surface area (Å²) in [6.07, 6.45) is 0. The second kappa shape index (κ2) is 9.43. The third kappa shape index (κ3) is 5.26. The number of hydrogen-bond acceptors (Lipinski definition) is 6. The normalized spacial score (nSPS) is 16.9. The maximum absolute atomic E-state index is 12.5. The number of nitrogens with one attached hydrogen (secondary N) is 1. The highest BCUT2D eigenvalue weighted by Gasteiger charge is 2.25. The number of carbonyl (C=O) groups excluding carboxylic acids is 2. The molecule has 1 N–H and O–H groups in total. The van der Waals surface area contributed by atoms with Gasteiger partial charge in [-0.1, -0.05) is 6.07 Å². The van der Waals surface area contributed by atoms with Crippen LogP contribution in [-0.2, 0) is 9.53 Å². The summed E-state index contributed by atoms with van der Waals surface area (Å²) in [5.74, 6) is 0.334. The Balaban J connectivity index is 1.54. The molecule has 0 aliphatic carbocycles. The Bertz CT molecular complexity index is 853. The van der Waals surface area contributed by atoms with E-state index in [-0.39, 0.29) is 17.9 Å². The van der Waals surface area contributed by atoms with E-state index in [9.17, 15) is 9.59 Å². The summed E-state index contributed by atoms with van der Waals surface area (Å²) < 4.78 is 9.93. The molecular weight excluding hydrogens is 370 g/mol. The number of ether oxygens (including phenoxy) is 2. The van der Waals surface area contributed by atoms with Crippen LogP contribution in [0.15, 0.2) is 48.5 Å². The zero-order valence-electron chi connectivity index (χ0n) is 17.1. The van der Waals surface area contributed by atoms with Gasteiger partial charge in [0.1, 0.15) is 5.75 Å². The summed E-state index contributed by atoms with van der Waals surface area (Å²) >= 11 is 0. The van der Waals surface area contributed by atoms with Gasteiger partial charge < -0.3 is 19.7 Å². The summed E-state index contributed by atoms with van der Waals surface area (Å²) in [4.78, 5) is 28.5. The largest absolute Gasteiger partial charge is 0.497 e. The van der Waals surface area contributed by atoms with Gasteiger partial charge in [0.25, 0.3) is 0 Å². The number of piperazine rings is 1. The fourth-order valence-corrected chi connectivity index (χ4v) is 3.48. The van der Waals surface area contributed by atoms with Crippen LogP contribution in [0.5, 0.6) is 5.75 Å². The molecule has 0 bridgehead atoms. The van der Waals surface area contributed by atoms with E-state index in [1.54, 1.807) is 25.3 Å². The SMILES string of the molecule is COC(=O)c1ccc(N2CCN(CC(=O)Nc3cccc(OC)c3)C(C)C2)cc1. The molecule has 0 aromatic heterocycles. The fourth-order valence-electron chi connectivity index (χ4n) is 3.48. The zero-order valence-corrected chi connectivity index (χ0v) is 17.1. The van der Waals surface area contributed by atoms with Crippen LogP contribution >= 0.6 is 0 Å². The van der Waals surface area contributed by atoms with Crippen LogP contribution in [0.2, 0.25) is 0 Å². The molecule has 1 atom stereocenters. The average molecular weight is 397 g/mol. The molecule has 1 heterocycles. The molecule has 0 spiro atoms. The Morgan fingerprint density at radius 1 is 1.10 bits per heavy atom. The predicted octanol–water partition coefficient (Wildman–Crippen LogP) is 2.63. The minimum atomic E-state index is -0.336. The van der Waals surface area contributed by atoms with Crippen molar-refractivity contribution in [3.63, 3.8) is 0 Å². The zero-order chi connectivity index (χ0) is 20.8. The second-order valence-electron chi connectivity index (χ2n) is 7.08. The van der Waals surface area contributed by atoms with Gasteiger partial charge in [0.05, 0.1) is 26.3 Å². The van der Waals surface area contributed by atoms with E-state index in [2.05, 4.69) is 22.0 Å². The van der Waals surface area contributed by atoms with Crippen LogP contribution in [0.1, 0.15) is 17.3 Å². The molecule has 1 aliphatic heterocycles. The molecule has 2 aromatic carbocycles. The number of benzene rings is 2. The van der Waals surface area contributed by atoms with Gasteiger partial charge in [0.2, 0.25) is 5.91 Å². The van der Waals surface area contributed by atoms with E-state index in [1.165, 1.54) is 7.11 Å². The molecule has 3 rings (SSSR count). The quantitative estimate of drug-likeness (QED) is 0.756. The number of carbonyl (C=O) groups is 2. The minimum Gasteiger partial charge on any atom is -0.497 e. The lowest BCUT2D eigenvalue weighted by atomic mass is 10.1. The Morgan fingerprint density at radius 3 is 2.52 bits per heavy atom. The minimum absolute atomic E-state index is 0.0408. The van der Waals surface area contributed by atoms with Crippen molar-refractivity contribution < 1.29 is 19.1 Å². The molecule has 1 aliphatic rings. The van der Waals surface area contributed by atoms with Gasteiger partial charge in [0.15, 0.2) is 0 Å². The summed E-state index contributed by atoms with van der Waals surface area (Å²) in [6.45, 7) is 4.87. The van der Waals surface area contributed by atoms with Crippen LogP contribution < -0.4 is 15.0 Å². The number of anilines is 2. The Hall–Kier alpha value is -3.06. The van der Waals surface area contributed by atoms with E-state index < -0.39 is 0 Å². The molecule has 0 saturated carbocycles. The van der Waals surface area contributed by atoms with E-state index in [0.717, 1.165) is 31.0 Å². The van der Waals surface area contributed by atoms with Gasteiger partial charge in [-0.25, -0.2) is 4.79 Å². The predicted molar refractivity (Wildman–Crippen MR) is 113 cm³/mol. The molecule has 1 amide bonds. The van der Waals surface area contributed by atoms with Crippen molar-refractivity contribution in [3.8, 4) is 5.75 Å². The Labute approximate surface area is 171 Å². The van der Waals surface area contributed by atoms with Crippen LogP contribution in [0.4, 0.5) is 11.4 Å². The van der Waals surface area contributed by atoms with Crippen molar-refractivity contribution >= 4 is 23.3 Å². The van der Waals surface area contributed by atoms with Gasteiger partial charge in [-0.2, -0.15) is 0 Å². The van der Waals surface area contributed by atoms with Crippen LogP contribution in [0.3, 0.4) is 0 Å². The molecule has 29 heavy (non-hydrogen) atoms. The third-order valence-electron chi connectivity index (χ3n) is 5.12. The smallest absolute Gasteiger partial charge is 0.337 e. The summed E-state index contributed by atoms with van der Waals surface area (Å²) in [6, 6.07) is 15.0. The van der Waals surface area contributed by atoms with Crippen molar-refractivity contribution in [1.82, 2.24) is 4.90 Å². The number of methoxy groups -OCH3 is 2. The molecule has 7 nitrogen and oxygen atoms in total. The molecule has 7 heteroatoms.